The van der Waals surface area contributed by atoms with E-state index in [1.165, 1.54) is 11.8 Å². The minimum absolute atomic E-state index is 0.0722. The highest BCUT2D eigenvalue weighted by Gasteiger charge is 2.08. The minimum atomic E-state index is 0.0722. The fraction of sp³-hybridized carbons (Fsp3) is 0.308. The van der Waals surface area contributed by atoms with Crippen molar-refractivity contribution < 1.29 is 4.79 Å². The summed E-state index contributed by atoms with van der Waals surface area (Å²) in [4.78, 5) is 12.5. The summed E-state index contributed by atoms with van der Waals surface area (Å²) in [6, 6.07) is 9.69. The van der Waals surface area contributed by atoms with Crippen LogP contribution < -0.4 is 0 Å². The van der Waals surface area contributed by atoms with Crippen LogP contribution in [-0.2, 0) is 4.79 Å². The van der Waals surface area contributed by atoms with Gasteiger partial charge in [-0.2, -0.15) is 0 Å². The Morgan fingerprint density at radius 1 is 1.19 bits per heavy atom. The maximum absolute atomic E-state index is 11.6. The van der Waals surface area contributed by atoms with Gasteiger partial charge in [0.15, 0.2) is 0 Å². The quantitative estimate of drug-likeness (QED) is 0.588. The van der Waals surface area contributed by atoms with Gasteiger partial charge >= 0.3 is 0 Å². The average Bonchev–Trinajstić information content (AvgIpc) is 2.17. The lowest BCUT2D eigenvalue weighted by atomic mass is 10.3. The summed E-state index contributed by atoms with van der Waals surface area (Å²) < 4.78 is 0.161. The number of benzene rings is 1. The Hall–Kier alpha value is -0.670. The molecule has 86 valence electrons. The van der Waals surface area contributed by atoms with Crippen LogP contribution in [0.2, 0.25) is 0 Å². The second-order valence-corrected chi connectivity index (χ2v) is 7.08. The van der Waals surface area contributed by atoms with E-state index in [1.54, 1.807) is 17.8 Å². The Bertz CT molecular complexity index is 363. The van der Waals surface area contributed by atoms with E-state index < -0.39 is 0 Å². The number of carbonyl (C=O) groups excluding carboxylic acids is 1. The molecule has 0 spiro atoms. The average molecular weight is 252 g/mol. The van der Waals surface area contributed by atoms with Crippen molar-refractivity contribution in [1.29, 1.82) is 0 Å². The van der Waals surface area contributed by atoms with E-state index in [-0.39, 0.29) is 9.86 Å². The van der Waals surface area contributed by atoms with Gasteiger partial charge in [0.05, 0.1) is 0 Å². The van der Waals surface area contributed by atoms with Gasteiger partial charge in [0.2, 0.25) is 5.12 Å². The summed E-state index contributed by atoms with van der Waals surface area (Å²) >= 11 is 2.91. The van der Waals surface area contributed by atoms with E-state index in [2.05, 4.69) is 20.8 Å². The Morgan fingerprint density at radius 2 is 1.81 bits per heavy atom. The first-order valence-electron chi connectivity index (χ1n) is 5.08. The molecule has 0 atom stereocenters. The molecule has 16 heavy (non-hydrogen) atoms. The second kappa shape index (κ2) is 6.16. The first kappa shape index (κ1) is 13.4. The molecule has 0 aliphatic carbocycles. The van der Waals surface area contributed by atoms with Crippen molar-refractivity contribution in [2.45, 2.75) is 30.4 Å². The van der Waals surface area contributed by atoms with Crippen molar-refractivity contribution >= 4 is 28.6 Å². The van der Waals surface area contributed by atoms with Crippen molar-refractivity contribution in [1.82, 2.24) is 0 Å². The van der Waals surface area contributed by atoms with Crippen LogP contribution >= 0.6 is 23.5 Å². The standard InChI is InChI=1S/C13H16OS2/c1-13(2,3)15-10-9-12(14)16-11-7-5-4-6-8-11/h4-10H,1-3H3/b10-9+. The molecule has 0 unspecified atom stereocenters. The number of thioether (sulfide) groups is 2. The molecule has 1 aromatic carbocycles. The normalized spacial score (nSPS) is 11.9. The van der Waals surface area contributed by atoms with Crippen LogP contribution in [0.15, 0.2) is 46.7 Å². The highest BCUT2D eigenvalue weighted by atomic mass is 32.2. The van der Waals surface area contributed by atoms with Crippen LogP contribution in [0.5, 0.6) is 0 Å². The maximum Gasteiger partial charge on any atom is 0.217 e. The first-order valence-corrected chi connectivity index (χ1v) is 6.78. The molecule has 0 bridgehead atoms. The van der Waals surface area contributed by atoms with E-state index >= 15 is 0 Å². The summed E-state index contributed by atoms with van der Waals surface area (Å²) in [5.41, 5.74) is 0. The molecule has 0 saturated carbocycles. The molecule has 0 N–H and O–H groups in total. The summed E-state index contributed by atoms with van der Waals surface area (Å²) in [6.07, 6.45) is 1.63. The molecular weight excluding hydrogens is 236 g/mol. The highest BCUT2D eigenvalue weighted by Crippen LogP contribution is 2.25. The predicted molar refractivity (Wildman–Crippen MR) is 73.8 cm³/mol. The van der Waals surface area contributed by atoms with Crippen LogP contribution in [0.1, 0.15) is 20.8 Å². The van der Waals surface area contributed by atoms with E-state index in [0.29, 0.717) is 0 Å². The van der Waals surface area contributed by atoms with Gasteiger partial charge in [0, 0.05) is 9.64 Å². The molecule has 1 aromatic rings. The smallest absolute Gasteiger partial charge is 0.217 e. The molecule has 0 fully saturated rings. The minimum Gasteiger partial charge on any atom is -0.282 e. The van der Waals surface area contributed by atoms with Crippen molar-refractivity contribution in [3.05, 3.63) is 41.8 Å². The number of carbonyl (C=O) groups is 1. The van der Waals surface area contributed by atoms with E-state index in [1.807, 2.05) is 35.7 Å². The Balaban J connectivity index is 2.43. The topological polar surface area (TPSA) is 17.1 Å². The molecule has 3 heteroatoms. The third-order valence-corrected chi connectivity index (χ3v) is 3.41. The number of rotatable bonds is 3. The maximum atomic E-state index is 11.6. The lowest BCUT2D eigenvalue weighted by Crippen LogP contribution is -2.04. The Labute approximate surface area is 106 Å². The summed E-state index contributed by atoms with van der Waals surface area (Å²) in [6.45, 7) is 6.37. The van der Waals surface area contributed by atoms with Crippen molar-refractivity contribution in [3.8, 4) is 0 Å². The molecule has 1 rings (SSSR count). The molecule has 0 heterocycles. The molecule has 0 aliphatic heterocycles. The van der Waals surface area contributed by atoms with E-state index in [0.717, 1.165) is 4.90 Å². The third-order valence-electron chi connectivity index (χ3n) is 1.59. The molecule has 0 amide bonds. The Kier molecular flexibility index (Phi) is 5.16. The number of hydrogen-bond donors (Lipinski definition) is 0. The van der Waals surface area contributed by atoms with E-state index in [4.69, 9.17) is 0 Å². The first-order chi connectivity index (χ1) is 7.47. The fourth-order valence-electron chi connectivity index (χ4n) is 0.932. The van der Waals surface area contributed by atoms with E-state index in [9.17, 15) is 4.79 Å². The van der Waals surface area contributed by atoms with Crippen LogP contribution in [0.4, 0.5) is 0 Å². The molecular formula is C13H16OS2. The predicted octanol–water partition coefficient (Wildman–Crippen LogP) is 4.35. The van der Waals surface area contributed by atoms with Crippen molar-refractivity contribution in [2.75, 3.05) is 0 Å². The van der Waals surface area contributed by atoms with Gasteiger partial charge in [0.25, 0.3) is 0 Å². The van der Waals surface area contributed by atoms with Crippen LogP contribution in [0, 0.1) is 0 Å². The third kappa shape index (κ3) is 6.03. The lowest BCUT2D eigenvalue weighted by Gasteiger charge is -2.13. The van der Waals surface area contributed by atoms with Gasteiger partial charge in [-0.3, -0.25) is 4.79 Å². The van der Waals surface area contributed by atoms with Crippen molar-refractivity contribution in [2.24, 2.45) is 0 Å². The van der Waals surface area contributed by atoms with Gasteiger partial charge in [-0.05, 0) is 35.4 Å². The zero-order valence-corrected chi connectivity index (χ0v) is 11.4. The fourth-order valence-corrected chi connectivity index (χ4v) is 2.28. The second-order valence-electron chi connectivity index (χ2n) is 4.27. The molecule has 0 saturated heterocycles. The molecule has 0 aromatic heterocycles. The monoisotopic (exact) mass is 252 g/mol. The van der Waals surface area contributed by atoms with Gasteiger partial charge in [-0.25, -0.2) is 0 Å². The van der Waals surface area contributed by atoms with Crippen molar-refractivity contribution in [3.63, 3.8) is 0 Å². The summed E-state index contributed by atoms with van der Waals surface area (Å²) in [5, 5.41) is 1.95. The SMILES string of the molecule is CC(C)(C)S/C=C/C(=O)Sc1ccccc1. The lowest BCUT2D eigenvalue weighted by molar-refractivity contribution is -0.107. The zero-order valence-electron chi connectivity index (χ0n) is 9.77. The van der Waals surface area contributed by atoms with Gasteiger partial charge in [-0.15, -0.1) is 11.8 Å². The largest absolute Gasteiger partial charge is 0.282 e. The van der Waals surface area contributed by atoms with Gasteiger partial charge in [0.1, 0.15) is 0 Å². The molecule has 0 radical (unpaired) electrons. The number of hydrogen-bond acceptors (Lipinski definition) is 3. The molecule has 0 aliphatic rings. The highest BCUT2D eigenvalue weighted by molar-refractivity contribution is 8.14. The van der Waals surface area contributed by atoms with Gasteiger partial charge in [-0.1, -0.05) is 39.0 Å². The van der Waals surface area contributed by atoms with Crippen LogP contribution in [0.25, 0.3) is 0 Å². The van der Waals surface area contributed by atoms with Gasteiger partial charge < -0.3 is 0 Å². The summed E-state index contributed by atoms with van der Waals surface area (Å²) in [5.74, 6) is 0. The molecule has 1 nitrogen and oxygen atoms in total. The zero-order chi connectivity index (χ0) is 12.0. The summed E-state index contributed by atoms with van der Waals surface area (Å²) in [7, 11) is 0. The van der Waals surface area contributed by atoms with Crippen LogP contribution in [-0.4, -0.2) is 9.86 Å². The Morgan fingerprint density at radius 3 is 2.38 bits per heavy atom. The van der Waals surface area contributed by atoms with Crippen LogP contribution in [0.3, 0.4) is 0 Å².